The topological polar surface area (TPSA) is 73.7 Å². The van der Waals surface area contributed by atoms with Crippen LogP contribution in [0.1, 0.15) is 45.1 Å². The van der Waals surface area contributed by atoms with E-state index < -0.39 is 41.1 Å². The highest BCUT2D eigenvalue weighted by atomic mass is 19.2. The number of pyridine rings is 1. The average molecular weight is 417 g/mol. The first kappa shape index (κ1) is 21.7. The predicted octanol–water partition coefficient (Wildman–Crippen LogP) is 4.42. The highest BCUT2D eigenvalue weighted by molar-refractivity contribution is 5.99. The van der Waals surface area contributed by atoms with Crippen molar-refractivity contribution in [2.75, 3.05) is 11.4 Å². The number of carboxylic acid groups (broad SMARTS) is 1. The minimum absolute atomic E-state index is 0.108. The highest BCUT2D eigenvalue weighted by Gasteiger charge is 2.42. The Bertz CT molecular complexity index is 931. The fraction of sp³-hybridized carbons (Fsp3) is 0.409. The van der Waals surface area contributed by atoms with Crippen LogP contribution >= 0.6 is 0 Å². The number of hydrogen-bond donors (Lipinski definition) is 1. The number of carbonyl (C=O) groups is 2. The summed E-state index contributed by atoms with van der Waals surface area (Å²) >= 11 is 0. The van der Waals surface area contributed by atoms with Gasteiger partial charge >= 0.3 is 6.09 Å². The van der Waals surface area contributed by atoms with Crippen LogP contribution in [0.3, 0.4) is 0 Å². The first-order valence-corrected chi connectivity index (χ1v) is 9.79. The summed E-state index contributed by atoms with van der Waals surface area (Å²) in [7, 11) is 0. The van der Waals surface area contributed by atoms with E-state index in [0.29, 0.717) is 12.1 Å². The third-order valence-electron chi connectivity index (χ3n) is 5.38. The Morgan fingerprint density at radius 1 is 1.17 bits per heavy atom. The summed E-state index contributed by atoms with van der Waals surface area (Å²) in [6.07, 6.45) is 2.38. The van der Waals surface area contributed by atoms with E-state index in [1.54, 1.807) is 32.9 Å². The number of amides is 2. The summed E-state index contributed by atoms with van der Waals surface area (Å²) in [4.78, 5) is 32.1. The maximum Gasteiger partial charge on any atom is 0.408 e. The Labute approximate surface area is 174 Å². The molecule has 1 aliphatic rings. The Balaban J connectivity index is 2.07. The van der Waals surface area contributed by atoms with Crippen LogP contribution < -0.4 is 4.90 Å². The molecule has 2 atom stereocenters. The van der Waals surface area contributed by atoms with Crippen LogP contribution in [0, 0.1) is 11.6 Å². The molecule has 0 aliphatic carbocycles. The maximum absolute atomic E-state index is 14.5. The fourth-order valence-electron chi connectivity index (χ4n) is 4.04. The van der Waals surface area contributed by atoms with Crippen molar-refractivity contribution in [3.8, 4) is 0 Å². The van der Waals surface area contributed by atoms with Crippen LogP contribution in [0.25, 0.3) is 0 Å². The summed E-state index contributed by atoms with van der Waals surface area (Å²) < 4.78 is 28.4. The molecule has 0 spiro atoms. The second kappa shape index (κ2) is 8.38. The molecule has 8 heteroatoms. The molecule has 30 heavy (non-hydrogen) atoms. The molecule has 0 bridgehead atoms. The van der Waals surface area contributed by atoms with E-state index in [9.17, 15) is 23.5 Å². The van der Waals surface area contributed by atoms with Gasteiger partial charge in [0, 0.05) is 36.1 Å². The van der Waals surface area contributed by atoms with Crippen LogP contribution in [0.4, 0.5) is 19.3 Å². The largest absolute Gasteiger partial charge is 0.465 e. The van der Waals surface area contributed by atoms with Crippen LogP contribution in [-0.4, -0.2) is 45.1 Å². The summed E-state index contributed by atoms with van der Waals surface area (Å²) in [5.41, 5.74) is -0.108. The fourth-order valence-corrected chi connectivity index (χ4v) is 4.04. The molecule has 1 aliphatic heterocycles. The third-order valence-corrected chi connectivity index (χ3v) is 5.38. The van der Waals surface area contributed by atoms with E-state index in [2.05, 4.69) is 4.98 Å². The molecule has 2 amide bonds. The molecule has 1 aromatic heterocycles. The van der Waals surface area contributed by atoms with Gasteiger partial charge in [-0.15, -0.1) is 0 Å². The number of nitrogens with zero attached hydrogens (tertiary/aromatic N) is 3. The van der Waals surface area contributed by atoms with Gasteiger partial charge in [-0.3, -0.25) is 14.7 Å². The summed E-state index contributed by atoms with van der Waals surface area (Å²) in [5.74, 6) is -2.76. The van der Waals surface area contributed by atoms with Gasteiger partial charge in [-0.25, -0.2) is 13.6 Å². The maximum atomic E-state index is 14.5. The van der Waals surface area contributed by atoms with Gasteiger partial charge in [0.1, 0.15) is 6.04 Å². The van der Waals surface area contributed by atoms with E-state index >= 15 is 0 Å². The Kier molecular flexibility index (Phi) is 6.05. The number of rotatable bonds is 3. The molecule has 1 N–H and O–H groups in total. The Hall–Kier alpha value is -3.03. The van der Waals surface area contributed by atoms with Gasteiger partial charge in [0.25, 0.3) is 0 Å². The number of aromatic nitrogens is 1. The SMILES string of the molecule is CC(C)(C)N(C(=O)O)[C@@H]1CC[C@@H](c2cccc(F)c2F)CN(c2ccncc2)C1=O. The molecule has 1 fully saturated rings. The Morgan fingerprint density at radius 3 is 2.43 bits per heavy atom. The van der Waals surface area contributed by atoms with Crippen molar-refractivity contribution in [2.45, 2.75) is 51.1 Å². The molecule has 2 aromatic rings. The molecule has 1 saturated heterocycles. The van der Waals surface area contributed by atoms with Crippen LogP contribution in [0.2, 0.25) is 0 Å². The molecule has 1 aromatic carbocycles. The lowest BCUT2D eigenvalue weighted by Crippen LogP contribution is -2.57. The third kappa shape index (κ3) is 4.27. The smallest absolute Gasteiger partial charge is 0.408 e. The predicted molar refractivity (Wildman–Crippen MR) is 108 cm³/mol. The van der Waals surface area contributed by atoms with E-state index in [4.69, 9.17) is 0 Å². The first-order chi connectivity index (χ1) is 14.1. The van der Waals surface area contributed by atoms with Gasteiger partial charge in [-0.1, -0.05) is 12.1 Å². The average Bonchev–Trinajstić information content (AvgIpc) is 2.83. The summed E-state index contributed by atoms with van der Waals surface area (Å²) in [6, 6.07) is 6.33. The lowest BCUT2D eigenvalue weighted by Gasteiger charge is -2.39. The molecule has 160 valence electrons. The van der Waals surface area contributed by atoms with Crippen molar-refractivity contribution in [2.24, 2.45) is 0 Å². The quantitative estimate of drug-likeness (QED) is 0.803. The minimum Gasteiger partial charge on any atom is -0.465 e. The van der Waals surface area contributed by atoms with E-state index in [1.165, 1.54) is 29.4 Å². The molecule has 6 nitrogen and oxygen atoms in total. The molecule has 2 heterocycles. The normalized spacial score (nSPS) is 20.0. The zero-order valence-corrected chi connectivity index (χ0v) is 17.2. The van der Waals surface area contributed by atoms with E-state index in [1.807, 2.05) is 0 Å². The molecular formula is C22H25F2N3O3. The van der Waals surface area contributed by atoms with Crippen molar-refractivity contribution < 1.29 is 23.5 Å². The first-order valence-electron chi connectivity index (χ1n) is 9.79. The lowest BCUT2D eigenvalue weighted by molar-refractivity contribution is -0.124. The van der Waals surface area contributed by atoms with Crippen molar-refractivity contribution in [3.05, 3.63) is 59.9 Å². The van der Waals surface area contributed by atoms with E-state index in [-0.39, 0.29) is 18.5 Å². The number of carbonyl (C=O) groups excluding carboxylic acids is 1. The van der Waals surface area contributed by atoms with Crippen molar-refractivity contribution in [1.82, 2.24) is 9.88 Å². The highest BCUT2D eigenvalue weighted by Crippen LogP contribution is 2.35. The van der Waals surface area contributed by atoms with Gasteiger partial charge in [0.2, 0.25) is 5.91 Å². The number of hydrogen-bond acceptors (Lipinski definition) is 3. The van der Waals surface area contributed by atoms with Crippen LogP contribution in [-0.2, 0) is 4.79 Å². The second-order valence-corrected chi connectivity index (χ2v) is 8.41. The van der Waals surface area contributed by atoms with E-state index in [0.717, 1.165) is 11.0 Å². The van der Waals surface area contributed by atoms with Crippen LogP contribution in [0.5, 0.6) is 0 Å². The molecule has 0 saturated carbocycles. The number of benzene rings is 1. The van der Waals surface area contributed by atoms with Crippen molar-refractivity contribution in [1.29, 1.82) is 0 Å². The molecular weight excluding hydrogens is 392 g/mol. The van der Waals surface area contributed by atoms with Crippen LogP contribution in [0.15, 0.2) is 42.7 Å². The Morgan fingerprint density at radius 2 is 1.83 bits per heavy atom. The summed E-state index contributed by atoms with van der Waals surface area (Å²) in [6.45, 7) is 5.27. The molecule has 0 unspecified atom stereocenters. The van der Waals surface area contributed by atoms with Gasteiger partial charge < -0.3 is 10.0 Å². The van der Waals surface area contributed by atoms with Gasteiger partial charge in [0.05, 0.1) is 0 Å². The van der Waals surface area contributed by atoms with Crippen molar-refractivity contribution in [3.63, 3.8) is 0 Å². The number of halogens is 2. The van der Waals surface area contributed by atoms with Gasteiger partial charge in [-0.05, 0) is 57.4 Å². The zero-order chi connectivity index (χ0) is 22.1. The van der Waals surface area contributed by atoms with Crippen molar-refractivity contribution >= 4 is 17.7 Å². The molecule has 3 rings (SSSR count). The standard InChI is InChI=1S/C22H25F2N3O3/c1-22(2,3)27(21(29)30)18-8-7-14(16-5-4-6-17(23)19(16)24)13-26(20(18)28)15-9-11-25-12-10-15/h4-6,9-12,14,18H,7-8,13H2,1-3H3,(H,29,30)/t14-,18-/m1/s1. The van der Waals surface area contributed by atoms with Gasteiger partial charge in [0.15, 0.2) is 11.6 Å². The minimum atomic E-state index is -1.20. The lowest BCUT2D eigenvalue weighted by atomic mass is 9.92. The van der Waals surface area contributed by atoms with Gasteiger partial charge in [-0.2, -0.15) is 0 Å². The monoisotopic (exact) mass is 417 g/mol. The summed E-state index contributed by atoms with van der Waals surface area (Å²) in [5, 5.41) is 9.83. The zero-order valence-electron chi connectivity index (χ0n) is 17.2. The second-order valence-electron chi connectivity index (χ2n) is 8.41. The molecule has 0 radical (unpaired) electrons. The number of anilines is 1.